The van der Waals surface area contributed by atoms with Crippen molar-refractivity contribution in [3.05, 3.63) is 59.7 Å². The maximum absolute atomic E-state index is 12.9. The first-order chi connectivity index (χ1) is 14.6. The zero-order chi connectivity index (χ0) is 22.6. The highest BCUT2D eigenvalue weighted by molar-refractivity contribution is 7.89. The quantitative estimate of drug-likeness (QED) is 0.553. The minimum absolute atomic E-state index is 0.0899. The maximum Gasteiger partial charge on any atom is 0.251 e. The molecule has 0 bridgehead atoms. The van der Waals surface area contributed by atoms with Gasteiger partial charge in [-0.3, -0.25) is 9.59 Å². The largest absolute Gasteiger partial charge is 0.349 e. The van der Waals surface area contributed by atoms with Crippen LogP contribution in [0.4, 0.5) is 5.69 Å². The molecule has 166 valence electrons. The van der Waals surface area contributed by atoms with Crippen molar-refractivity contribution in [2.75, 3.05) is 5.32 Å². The van der Waals surface area contributed by atoms with Gasteiger partial charge in [0.2, 0.25) is 15.9 Å². The lowest BCUT2D eigenvalue weighted by molar-refractivity contribution is -0.118. The van der Waals surface area contributed by atoms with Crippen LogP contribution in [0.25, 0.3) is 0 Å². The predicted molar refractivity (Wildman–Crippen MR) is 120 cm³/mol. The fourth-order valence-electron chi connectivity index (χ4n) is 3.12. The second kappa shape index (κ2) is 9.62. The van der Waals surface area contributed by atoms with Crippen molar-refractivity contribution in [1.29, 1.82) is 0 Å². The normalized spacial score (nSPS) is 14.8. The second-order valence-electron chi connectivity index (χ2n) is 8.43. The molecule has 0 spiro atoms. The monoisotopic (exact) mass is 443 g/mol. The molecule has 2 aromatic carbocycles. The number of anilines is 1. The van der Waals surface area contributed by atoms with E-state index < -0.39 is 22.0 Å². The van der Waals surface area contributed by atoms with E-state index in [1.807, 2.05) is 20.8 Å². The van der Waals surface area contributed by atoms with Crippen molar-refractivity contribution in [3.63, 3.8) is 0 Å². The molecule has 2 amide bonds. The first-order valence-electron chi connectivity index (χ1n) is 10.4. The van der Waals surface area contributed by atoms with Crippen LogP contribution >= 0.6 is 0 Å². The van der Waals surface area contributed by atoms with Gasteiger partial charge in [-0.25, -0.2) is 8.42 Å². The van der Waals surface area contributed by atoms with Crippen LogP contribution in [-0.2, 0) is 14.8 Å². The number of carbonyl (C=O) groups excluding carboxylic acids is 2. The molecule has 1 saturated carbocycles. The van der Waals surface area contributed by atoms with Crippen LogP contribution in [0.2, 0.25) is 0 Å². The standard InChI is InChI=1S/C23H29N3O4S/c1-15(2)13-21(26-31(29,30)20-11-7-16(3)8-12-20)23(28)25-19-6-4-5-17(14-19)22(27)24-18-9-10-18/h4-8,11-12,14-15,18,21,26H,9-10,13H2,1-3H3,(H,24,27)(H,25,28)/t21-/m0/s1. The van der Waals surface area contributed by atoms with Gasteiger partial charge in [0.15, 0.2) is 0 Å². The number of rotatable bonds is 9. The SMILES string of the molecule is Cc1ccc(S(=O)(=O)N[C@@H](CC(C)C)C(=O)Nc2cccc(C(=O)NC3CC3)c2)cc1. The molecule has 7 nitrogen and oxygen atoms in total. The predicted octanol–water partition coefficient (Wildman–Crippen LogP) is 3.22. The van der Waals surface area contributed by atoms with E-state index in [1.54, 1.807) is 36.4 Å². The highest BCUT2D eigenvalue weighted by Crippen LogP contribution is 2.20. The van der Waals surface area contributed by atoms with Gasteiger partial charge in [0.05, 0.1) is 4.90 Å². The Balaban J connectivity index is 1.74. The molecule has 1 fully saturated rings. The molecule has 0 aliphatic heterocycles. The number of hydrogen-bond donors (Lipinski definition) is 3. The summed E-state index contributed by atoms with van der Waals surface area (Å²) in [6, 6.07) is 12.4. The van der Waals surface area contributed by atoms with E-state index in [9.17, 15) is 18.0 Å². The van der Waals surface area contributed by atoms with E-state index in [1.165, 1.54) is 12.1 Å². The molecule has 2 aromatic rings. The molecule has 0 unspecified atom stereocenters. The molecule has 0 radical (unpaired) electrons. The molecule has 3 N–H and O–H groups in total. The number of aryl methyl sites for hydroxylation is 1. The number of hydrogen-bond acceptors (Lipinski definition) is 4. The van der Waals surface area contributed by atoms with Gasteiger partial charge < -0.3 is 10.6 Å². The fourth-order valence-corrected chi connectivity index (χ4v) is 4.33. The summed E-state index contributed by atoms with van der Waals surface area (Å²) in [5.74, 6) is -0.561. The Kier molecular flexibility index (Phi) is 7.12. The van der Waals surface area contributed by atoms with Crippen molar-refractivity contribution in [2.45, 2.75) is 57.0 Å². The number of sulfonamides is 1. The Labute approximate surface area is 183 Å². The number of carbonyl (C=O) groups is 2. The summed E-state index contributed by atoms with van der Waals surface area (Å²) < 4.78 is 28.1. The second-order valence-corrected chi connectivity index (χ2v) is 10.1. The summed E-state index contributed by atoms with van der Waals surface area (Å²) in [4.78, 5) is 25.3. The Morgan fingerprint density at radius 1 is 1.06 bits per heavy atom. The van der Waals surface area contributed by atoms with Crippen LogP contribution in [0.1, 0.15) is 49.0 Å². The minimum atomic E-state index is -3.86. The number of amides is 2. The third-order valence-corrected chi connectivity index (χ3v) is 6.44. The van der Waals surface area contributed by atoms with Crippen molar-refractivity contribution >= 4 is 27.5 Å². The van der Waals surface area contributed by atoms with Gasteiger partial charge in [-0.2, -0.15) is 4.72 Å². The lowest BCUT2D eigenvalue weighted by atomic mass is 10.0. The van der Waals surface area contributed by atoms with E-state index >= 15 is 0 Å². The van der Waals surface area contributed by atoms with Crippen LogP contribution in [0.15, 0.2) is 53.4 Å². The van der Waals surface area contributed by atoms with E-state index in [2.05, 4.69) is 15.4 Å². The van der Waals surface area contributed by atoms with Gasteiger partial charge in [-0.05, 0) is 62.4 Å². The van der Waals surface area contributed by atoms with E-state index in [0.29, 0.717) is 17.7 Å². The Morgan fingerprint density at radius 3 is 2.35 bits per heavy atom. The zero-order valence-corrected chi connectivity index (χ0v) is 18.8. The van der Waals surface area contributed by atoms with Gasteiger partial charge in [0.1, 0.15) is 6.04 Å². The van der Waals surface area contributed by atoms with Crippen molar-refractivity contribution < 1.29 is 18.0 Å². The first-order valence-corrected chi connectivity index (χ1v) is 11.9. The minimum Gasteiger partial charge on any atom is -0.349 e. The number of nitrogens with one attached hydrogen (secondary N) is 3. The van der Waals surface area contributed by atoms with E-state index in [4.69, 9.17) is 0 Å². The topological polar surface area (TPSA) is 104 Å². The Bertz CT molecular complexity index is 1040. The molecule has 8 heteroatoms. The highest BCUT2D eigenvalue weighted by Gasteiger charge is 2.27. The Hall–Kier alpha value is -2.71. The molecule has 1 aliphatic rings. The van der Waals surface area contributed by atoms with Crippen LogP contribution in [-0.4, -0.2) is 32.3 Å². The molecular weight excluding hydrogens is 414 g/mol. The molecule has 0 aromatic heterocycles. The van der Waals surface area contributed by atoms with Crippen molar-refractivity contribution in [3.8, 4) is 0 Å². The molecule has 0 heterocycles. The van der Waals surface area contributed by atoms with Crippen molar-refractivity contribution in [1.82, 2.24) is 10.0 Å². The lowest BCUT2D eigenvalue weighted by Gasteiger charge is -2.20. The number of benzene rings is 2. The van der Waals surface area contributed by atoms with Gasteiger partial charge >= 0.3 is 0 Å². The third kappa shape index (κ3) is 6.63. The molecule has 3 rings (SSSR count). The Morgan fingerprint density at radius 2 is 1.74 bits per heavy atom. The zero-order valence-electron chi connectivity index (χ0n) is 18.0. The summed E-state index contributed by atoms with van der Waals surface area (Å²) >= 11 is 0. The van der Waals surface area contributed by atoms with Gasteiger partial charge in [-0.15, -0.1) is 0 Å². The summed E-state index contributed by atoms with van der Waals surface area (Å²) in [5.41, 5.74) is 1.84. The van der Waals surface area contributed by atoms with E-state index in [0.717, 1.165) is 18.4 Å². The summed E-state index contributed by atoms with van der Waals surface area (Å²) in [5, 5.41) is 5.66. The fraction of sp³-hybridized carbons (Fsp3) is 0.391. The molecule has 1 atom stereocenters. The van der Waals surface area contributed by atoms with Gasteiger partial charge in [-0.1, -0.05) is 37.6 Å². The smallest absolute Gasteiger partial charge is 0.251 e. The molecule has 1 aliphatic carbocycles. The molecular formula is C23H29N3O4S. The van der Waals surface area contributed by atoms with Crippen LogP contribution in [0, 0.1) is 12.8 Å². The average molecular weight is 444 g/mol. The first kappa shape index (κ1) is 23.0. The van der Waals surface area contributed by atoms with Crippen LogP contribution < -0.4 is 15.4 Å². The molecule has 0 saturated heterocycles. The summed E-state index contributed by atoms with van der Waals surface area (Å²) in [7, 11) is -3.86. The van der Waals surface area contributed by atoms with Crippen LogP contribution in [0.5, 0.6) is 0 Å². The van der Waals surface area contributed by atoms with E-state index in [-0.39, 0.29) is 22.8 Å². The van der Waals surface area contributed by atoms with Gasteiger partial charge in [0, 0.05) is 17.3 Å². The molecule has 31 heavy (non-hydrogen) atoms. The van der Waals surface area contributed by atoms with Crippen molar-refractivity contribution in [2.24, 2.45) is 5.92 Å². The average Bonchev–Trinajstić information content (AvgIpc) is 3.51. The van der Waals surface area contributed by atoms with Crippen LogP contribution in [0.3, 0.4) is 0 Å². The lowest BCUT2D eigenvalue weighted by Crippen LogP contribution is -2.44. The highest BCUT2D eigenvalue weighted by atomic mass is 32.2. The van der Waals surface area contributed by atoms with Gasteiger partial charge in [0.25, 0.3) is 5.91 Å². The maximum atomic E-state index is 12.9. The summed E-state index contributed by atoms with van der Waals surface area (Å²) in [6.07, 6.45) is 2.30. The summed E-state index contributed by atoms with van der Waals surface area (Å²) in [6.45, 7) is 5.71. The third-order valence-electron chi connectivity index (χ3n) is 4.96.